The number of thiophene rings is 1. The van der Waals surface area contributed by atoms with Crippen LogP contribution >= 0.6 is 11.3 Å². The minimum absolute atomic E-state index is 0.727. The molecule has 0 aliphatic heterocycles. The van der Waals surface area contributed by atoms with E-state index < -0.39 is 0 Å². The second-order valence-electron chi connectivity index (χ2n) is 2.43. The zero-order chi connectivity index (χ0) is 6.27. The number of allylic oxidation sites excluding steroid dienone is 1. The Kier molecular flexibility index (Phi) is 0.995. The summed E-state index contributed by atoms with van der Waals surface area (Å²) in [6.45, 7) is 3.91. The Morgan fingerprint density at radius 3 is 2.89 bits per heavy atom. The third-order valence-corrected chi connectivity index (χ3v) is 2.67. The Morgan fingerprint density at radius 1 is 1.67 bits per heavy atom. The first kappa shape index (κ1) is 5.24. The van der Waals surface area contributed by atoms with Crippen LogP contribution in [0.5, 0.6) is 0 Å². The quantitative estimate of drug-likeness (QED) is 0.521. The van der Waals surface area contributed by atoms with Crippen molar-refractivity contribution in [2.75, 3.05) is 0 Å². The van der Waals surface area contributed by atoms with Crippen LogP contribution in [0.1, 0.15) is 17.2 Å². The highest BCUT2D eigenvalue weighted by molar-refractivity contribution is 7.10. The van der Waals surface area contributed by atoms with E-state index in [1.54, 1.807) is 0 Å². The highest BCUT2D eigenvalue weighted by Crippen LogP contribution is 2.46. The van der Waals surface area contributed by atoms with Crippen LogP contribution in [-0.4, -0.2) is 0 Å². The first-order valence-corrected chi connectivity index (χ1v) is 3.97. The molecule has 1 unspecified atom stereocenters. The molecule has 0 nitrogen and oxygen atoms in total. The van der Waals surface area contributed by atoms with E-state index in [4.69, 9.17) is 0 Å². The van der Waals surface area contributed by atoms with E-state index >= 15 is 0 Å². The van der Waals surface area contributed by atoms with Gasteiger partial charge in [0.25, 0.3) is 0 Å². The smallest absolute Gasteiger partial charge is 0.0177 e. The van der Waals surface area contributed by atoms with Gasteiger partial charge in [0.05, 0.1) is 0 Å². The van der Waals surface area contributed by atoms with E-state index in [0.717, 1.165) is 5.92 Å². The fourth-order valence-electron chi connectivity index (χ4n) is 0.995. The first-order valence-electron chi connectivity index (χ1n) is 3.09. The van der Waals surface area contributed by atoms with E-state index in [2.05, 4.69) is 24.1 Å². The van der Waals surface area contributed by atoms with Crippen LogP contribution in [0.4, 0.5) is 0 Å². The highest BCUT2D eigenvalue weighted by atomic mass is 32.1. The van der Waals surface area contributed by atoms with Crippen LogP contribution in [0.2, 0.25) is 0 Å². The van der Waals surface area contributed by atoms with Crippen molar-refractivity contribution in [2.24, 2.45) is 0 Å². The maximum absolute atomic E-state index is 3.91. The lowest BCUT2D eigenvalue weighted by Gasteiger charge is -1.83. The fraction of sp³-hybridized carbons (Fsp3) is 0.250. The summed E-state index contributed by atoms with van der Waals surface area (Å²) >= 11 is 1.84. The van der Waals surface area contributed by atoms with Crippen molar-refractivity contribution >= 4 is 11.3 Å². The maximum atomic E-state index is 3.91. The molecule has 1 aliphatic carbocycles. The van der Waals surface area contributed by atoms with E-state index in [1.807, 2.05) is 11.3 Å². The molecule has 46 valence electrons. The third kappa shape index (κ3) is 0.815. The molecule has 0 aromatic carbocycles. The van der Waals surface area contributed by atoms with Gasteiger partial charge in [-0.15, -0.1) is 11.3 Å². The second kappa shape index (κ2) is 1.71. The predicted octanol–water partition coefficient (Wildman–Crippen LogP) is 2.79. The molecule has 0 amide bonds. The van der Waals surface area contributed by atoms with Gasteiger partial charge >= 0.3 is 0 Å². The summed E-state index contributed by atoms with van der Waals surface area (Å²) in [6, 6.07) is 4.29. The van der Waals surface area contributed by atoms with Crippen LogP contribution < -0.4 is 0 Å². The van der Waals surface area contributed by atoms with Gasteiger partial charge in [-0.2, -0.15) is 0 Å². The number of rotatable bonds is 1. The van der Waals surface area contributed by atoms with Gasteiger partial charge in [-0.3, -0.25) is 0 Å². The Balaban J connectivity index is 2.27. The van der Waals surface area contributed by atoms with Crippen molar-refractivity contribution in [3.63, 3.8) is 0 Å². The molecular formula is C8H8S. The predicted molar refractivity (Wildman–Crippen MR) is 40.8 cm³/mol. The van der Waals surface area contributed by atoms with Crippen molar-refractivity contribution in [3.8, 4) is 0 Å². The molecule has 1 saturated carbocycles. The highest BCUT2D eigenvalue weighted by Gasteiger charge is 2.29. The molecule has 9 heavy (non-hydrogen) atoms. The van der Waals surface area contributed by atoms with Crippen molar-refractivity contribution in [2.45, 2.75) is 12.3 Å². The molecule has 1 atom stereocenters. The minimum Gasteiger partial charge on any atom is -0.148 e. The van der Waals surface area contributed by atoms with Crippen molar-refractivity contribution in [1.82, 2.24) is 0 Å². The molecule has 1 fully saturated rings. The van der Waals surface area contributed by atoms with Crippen molar-refractivity contribution in [1.29, 1.82) is 0 Å². The summed E-state index contributed by atoms with van der Waals surface area (Å²) in [4.78, 5) is 1.49. The minimum atomic E-state index is 0.727. The average Bonchev–Trinajstić information content (AvgIpc) is 2.44. The third-order valence-electron chi connectivity index (χ3n) is 1.69. The van der Waals surface area contributed by atoms with Crippen LogP contribution in [0.3, 0.4) is 0 Å². The van der Waals surface area contributed by atoms with Crippen LogP contribution in [0.25, 0.3) is 0 Å². The van der Waals surface area contributed by atoms with Crippen LogP contribution in [-0.2, 0) is 0 Å². The van der Waals surface area contributed by atoms with Gasteiger partial charge in [-0.25, -0.2) is 0 Å². The van der Waals surface area contributed by atoms with Gasteiger partial charge in [0.2, 0.25) is 0 Å². The Labute approximate surface area is 58.8 Å². The summed E-state index contributed by atoms with van der Waals surface area (Å²) < 4.78 is 0. The van der Waals surface area contributed by atoms with Crippen LogP contribution in [0.15, 0.2) is 29.7 Å². The van der Waals surface area contributed by atoms with Gasteiger partial charge in [-0.1, -0.05) is 18.2 Å². The van der Waals surface area contributed by atoms with Crippen molar-refractivity contribution < 1.29 is 0 Å². The van der Waals surface area contributed by atoms with E-state index in [1.165, 1.54) is 16.9 Å². The molecule has 1 aliphatic rings. The van der Waals surface area contributed by atoms with Crippen LogP contribution in [0, 0.1) is 0 Å². The lowest BCUT2D eigenvalue weighted by molar-refractivity contribution is 1.21. The molecule has 1 aromatic rings. The summed E-state index contributed by atoms with van der Waals surface area (Å²) in [5.41, 5.74) is 1.40. The van der Waals surface area contributed by atoms with Gasteiger partial charge in [0.1, 0.15) is 0 Å². The molecule has 0 saturated heterocycles. The summed E-state index contributed by atoms with van der Waals surface area (Å²) in [7, 11) is 0. The standard InChI is InChI=1S/C8H8S/c1-6-5-7(6)8-3-2-4-9-8/h2-4,7H,1,5H2. The number of hydrogen-bond acceptors (Lipinski definition) is 1. The summed E-state index contributed by atoms with van der Waals surface area (Å²) in [6.07, 6.45) is 1.22. The van der Waals surface area contributed by atoms with E-state index in [0.29, 0.717) is 0 Å². The van der Waals surface area contributed by atoms with Gasteiger partial charge in [-0.05, 0) is 17.9 Å². The fourth-order valence-corrected chi connectivity index (χ4v) is 1.88. The monoisotopic (exact) mass is 136 g/mol. The van der Waals surface area contributed by atoms with Gasteiger partial charge < -0.3 is 0 Å². The SMILES string of the molecule is C=C1CC1c1cccs1. The van der Waals surface area contributed by atoms with Gasteiger partial charge in [0.15, 0.2) is 0 Å². The second-order valence-corrected chi connectivity index (χ2v) is 3.41. The molecular weight excluding hydrogens is 128 g/mol. The molecule has 0 N–H and O–H groups in total. The van der Waals surface area contributed by atoms with E-state index in [9.17, 15) is 0 Å². The normalized spacial score (nSPS) is 24.4. The largest absolute Gasteiger partial charge is 0.148 e. The Hall–Kier alpha value is -0.560. The van der Waals surface area contributed by atoms with Gasteiger partial charge in [0, 0.05) is 10.8 Å². The molecule has 0 spiro atoms. The maximum Gasteiger partial charge on any atom is 0.0177 e. The Morgan fingerprint density at radius 2 is 2.44 bits per heavy atom. The first-order chi connectivity index (χ1) is 4.38. The molecule has 0 bridgehead atoms. The van der Waals surface area contributed by atoms with E-state index in [-0.39, 0.29) is 0 Å². The molecule has 1 heterocycles. The zero-order valence-corrected chi connectivity index (χ0v) is 5.95. The lowest BCUT2D eigenvalue weighted by atomic mass is 10.3. The molecule has 2 rings (SSSR count). The Bertz CT molecular complexity index is 221. The summed E-state index contributed by atoms with van der Waals surface area (Å²) in [5, 5.41) is 2.13. The molecule has 0 radical (unpaired) electrons. The zero-order valence-electron chi connectivity index (χ0n) is 5.13. The van der Waals surface area contributed by atoms with Crippen molar-refractivity contribution in [3.05, 3.63) is 34.5 Å². The topological polar surface area (TPSA) is 0 Å². The number of hydrogen-bond donors (Lipinski definition) is 0. The average molecular weight is 136 g/mol. The lowest BCUT2D eigenvalue weighted by Crippen LogP contribution is -1.64. The summed E-state index contributed by atoms with van der Waals surface area (Å²) in [5.74, 6) is 0.727. The molecule has 1 aromatic heterocycles. The molecule has 1 heteroatoms.